The zero-order valence-corrected chi connectivity index (χ0v) is 23.6. The van der Waals surface area contributed by atoms with Crippen molar-refractivity contribution < 1.29 is 17.9 Å². The van der Waals surface area contributed by atoms with Gasteiger partial charge >= 0.3 is 0 Å². The highest BCUT2D eigenvalue weighted by Crippen LogP contribution is 2.28. The molecule has 2 aromatic heterocycles. The van der Waals surface area contributed by atoms with Gasteiger partial charge in [0.05, 0.1) is 18.6 Å². The zero-order valence-electron chi connectivity index (χ0n) is 22.8. The number of rotatable bonds is 8. The molecular weight excluding hydrogens is 523 g/mol. The van der Waals surface area contributed by atoms with Gasteiger partial charge in [-0.15, -0.1) is 0 Å². The third-order valence-electron chi connectivity index (χ3n) is 6.78. The lowest BCUT2D eigenvalue weighted by molar-refractivity contribution is 0.0981. The molecule has 9 heteroatoms. The van der Waals surface area contributed by atoms with Gasteiger partial charge in [-0.25, -0.2) is 23.1 Å². The number of carbonyl (C=O) groups excluding carboxylic acids is 1. The van der Waals surface area contributed by atoms with E-state index in [0.717, 1.165) is 45.8 Å². The van der Waals surface area contributed by atoms with Crippen molar-refractivity contribution in [2.24, 2.45) is 0 Å². The molecule has 0 bridgehead atoms. The average Bonchev–Trinajstić information content (AvgIpc) is 3.30. The first-order chi connectivity index (χ1) is 19.2. The van der Waals surface area contributed by atoms with Crippen molar-refractivity contribution in [2.75, 3.05) is 7.11 Å². The number of hydrogen-bond acceptors (Lipinski definition) is 6. The van der Waals surface area contributed by atoms with Crippen LogP contribution >= 0.6 is 0 Å². The molecule has 3 aromatic carbocycles. The van der Waals surface area contributed by atoms with Crippen molar-refractivity contribution in [1.82, 2.24) is 19.3 Å². The van der Waals surface area contributed by atoms with Crippen molar-refractivity contribution in [1.29, 1.82) is 0 Å². The summed E-state index contributed by atoms with van der Waals surface area (Å²) in [5.74, 6) is 0.817. The van der Waals surface area contributed by atoms with Crippen LogP contribution in [-0.4, -0.2) is 36.0 Å². The fourth-order valence-corrected chi connectivity index (χ4v) is 5.98. The maximum Gasteiger partial charge on any atom is 0.265 e. The van der Waals surface area contributed by atoms with Gasteiger partial charge in [0.25, 0.3) is 15.9 Å². The Hall–Kier alpha value is -4.50. The van der Waals surface area contributed by atoms with Gasteiger partial charge in [-0.1, -0.05) is 49.4 Å². The molecule has 0 aliphatic heterocycles. The number of pyridine rings is 1. The Labute approximate surface area is 233 Å². The fourth-order valence-electron chi connectivity index (χ4n) is 4.77. The molecule has 2 heterocycles. The second kappa shape index (κ2) is 10.9. The lowest BCUT2D eigenvalue weighted by Crippen LogP contribution is -2.30. The first kappa shape index (κ1) is 27.1. The molecule has 0 aliphatic carbocycles. The standard InChI is InChI=1S/C31H30N4O4S/c1-5-28-33-29-20(2)18-21(3)32-30(29)35(28)19-22-10-12-23(13-11-22)26-8-6-7-9-27(26)40(37,38)34-31(36)24-14-16-25(39-4)17-15-24/h6-18H,5,19H2,1-4H3,(H,34,36)/i4-1. The molecule has 5 rings (SSSR count). The molecule has 0 aliphatic rings. The van der Waals surface area contributed by atoms with Crippen LogP contribution in [0.4, 0.5) is 0 Å². The predicted molar refractivity (Wildman–Crippen MR) is 155 cm³/mol. The minimum absolute atomic E-state index is 0.0219. The number of hydrogen-bond donors (Lipinski definition) is 1. The molecule has 1 N–H and O–H groups in total. The van der Waals surface area contributed by atoms with Crippen molar-refractivity contribution >= 4 is 27.1 Å². The number of carbonyl (C=O) groups is 1. The Bertz CT molecular complexity index is 1810. The summed E-state index contributed by atoms with van der Waals surface area (Å²) in [6.45, 7) is 6.70. The summed E-state index contributed by atoms with van der Waals surface area (Å²) < 4.78 is 36.0. The molecule has 0 radical (unpaired) electrons. The zero-order chi connectivity index (χ0) is 28.4. The van der Waals surface area contributed by atoms with Gasteiger partial charge in [0.2, 0.25) is 0 Å². The lowest BCUT2D eigenvalue weighted by atomic mass is 10.0. The quantitative estimate of drug-likeness (QED) is 0.274. The van der Waals surface area contributed by atoms with Gasteiger partial charge in [0.15, 0.2) is 5.65 Å². The lowest BCUT2D eigenvalue weighted by Gasteiger charge is -2.13. The number of imidazole rings is 1. The van der Waals surface area contributed by atoms with Crippen molar-refractivity contribution in [2.45, 2.75) is 38.6 Å². The van der Waals surface area contributed by atoms with E-state index >= 15 is 0 Å². The molecule has 5 aromatic rings. The van der Waals surface area contributed by atoms with Gasteiger partial charge < -0.3 is 9.30 Å². The molecule has 8 nitrogen and oxygen atoms in total. The highest BCUT2D eigenvalue weighted by atomic mass is 32.2. The second-order valence-corrected chi connectivity index (χ2v) is 11.2. The number of nitrogens with zero attached hydrogens (tertiary/aromatic N) is 3. The number of amides is 1. The van der Waals surface area contributed by atoms with Crippen LogP contribution in [0.2, 0.25) is 0 Å². The van der Waals surface area contributed by atoms with E-state index in [1.807, 2.05) is 44.2 Å². The maximum atomic E-state index is 13.3. The minimum Gasteiger partial charge on any atom is -0.497 e. The Balaban J connectivity index is 1.42. The summed E-state index contributed by atoms with van der Waals surface area (Å²) in [6, 6.07) is 22.6. The van der Waals surface area contributed by atoms with Gasteiger partial charge in [0, 0.05) is 23.2 Å². The molecule has 1 amide bonds. The van der Waals surface area contributed by atoms with E-state index in [2.05, 4.69) is 16.2 Å². The normalized spacial score (nSPS) is 11.5. The van der Waals surface area contributed by atoms with E-state index in [4.69, 9.17) is 14.7 Å². The van der Waals surface area contributed by atoms with Gasteiger partial charge in [-0.3, -0.25) is 4.79 Å². The van der Waals surface area contributed by atoms with Crippen molar-refractivity contribution in [3.63, 3.8) is 0 Å². The molecule has 0 saturated heterocycles. The minimum atomic E-state index is -4.15. The van der Waals surface area contributed by atoms with Crippen molar-refractivity contribution in [3.8, 4) is 16.9 Å². The molecular formula is C31H30N4O4S. The van der Waals surface area contributed by atoms with Crippen LogP contribution in [0.3, 0.4) is 0 Å². The van der Waals surface area contributed by atoms with E-state index in [1.165, 1.54) is 25.3 Å². The van der Waals surface area contributed by atoms with Gasteiger partial charge in [-0.2, -0.15) is 0 Å². The Morgan fingerprint density at radius 1 is 0.950 bits per heavy atom. The third-order valence-corrected chi connectivity index (χ3v) is 8.17. The topological polar surface area (TPSA) is 103 Å². The highest BCUT2D eigenvalue weighted by Gasteiger charge is 2.23. The van der Waals surface area contributed by atoms with E-state index < -0.39 is 15.9 Å². The summed E-state index contributed by atoms with van der Waals surface area (Å²) in [6.07, 6.45) is 0.778. The summed E-state index contributed by atoms with van der Waals surface area (Å²) in [7, 11) is -2.63. The first-order valence-corrected chi connectivity index (χ1v) is 14.4. The second-order valence-electron chi connectivity index (χ2n) is 9.58. The average molecular weight is 554 g/mol. The van der Waals surface area contributed by atoms with Crippen LogP contribution < -0.4 is 9.46 Å². The number of ether oxygens (including phenoxy) is 1. The Morgan fingerprint density at radius 2 is 1.65 bits per heavy atom. The number of aromatic nitrogens is 3. The first-order valence-electron chi connectivity index (χ1n) is 12.9. The number of methoxy groups -OCH3 is 1. The molecule has 0 fully saturated rings. The smallest absolute Gasteiger partial charge is 0.265 e. The molecule has 204 valence electrons. The molecule has 0 saturated carbocycles. The number of aryl methyl sites for hydroxylation is 3. The van der Waals surface area contributed by atoms with E-state index in [0.29, 0.717) is 17.9 Å². The number of fused-ring (bicyclic) bond motifs is 1. The molecule has 0 unspecified atom stereocenters. The van der Waals surface area contributed by atoms with Gasteiger partial charge in [-0.05, 0) is 66.9 Å². The van der Waals surface area contributed by atoms with Crippen LogP contribution in [-0.2, 0) is 23.0 Å². The summed E-state index contributed by atoms with van der Waals surface area (Å²) in [5.41, 5.74) is 6.29. The van der Waals surface area contributed by atoms with E-state index in [-0.39, 0.29) is 10.5 Å². The SMILES string of the molecule is CCc1nc2c(C)cc(C)nc2n1Cc1ccc(-c2ccccc2S(=O)(=O)NC(=O)c2ccc(O[11CH3])cc2)cc1. The largest absolute Gasteiger partial charge is 0.497 e. The van der Waals surface area contributed by atoms with E-state index in [9.17, 15) is 13.2 Å². The molecule has 40 heavy (non-hydrogen) atoms. The van der Waals surface area contributed by atoms with Crippen molar-refractivity contribution in [3.05, 3.63) is 107 Å². The summed E-state index contributed by atoms with van der Waals surface area (Å²) >= 11 is 0. The van der Waals surface area contributed by atoms with Gasteiger partial charge in [0.1, 0.15) is 17.1 Å². The summed E-state index contributed by atoms with van der Waals surface area (Å²) in [4.78, 5) is 22.3. The van der Waals surface area contributed by atoms with Crippen LogP contribution in [0.25, 0.3) is 22.3 Å². The Morgan fingerprint density at radius 3 is 2.33 bits per heavy atom. The summed E-state index contributed by atoms with van der Waals surface area (Å²) in [5, 5.41) is 0. The maximum absolute atomic E-state index is 13.3. The molecule has 0 atom stereocenters. The molecule has 0 spiro atoms. The van der Waals surface area contributed by atoms with Crippen LogP contribution in [0.1, 0.15) is 39.9 Å². The monoisotopic (exact) mass is 553 g/mol. The number of benzene rings is 3. The van der Waals surface area contributed by atoms with E-state index in [1.54, 1.807) is 30.3 Å². The van der Waals surface area contributed by atoms with Crippen LogP contribution in [0.5, 0.6) is 5.75 Å². The highest BCUT2D eigenvalue weighted by molar-refractivity contribution is 7.90. The van der Waals surface area contributed by atoms with Crippen LogP contribution in [0, 0.1) is 13.8 Å². The third kappa shape index (κ3) is 5.33. The Kier molecular flexibility index (Phi) is 7.40. The number of sulfonamides is 1. The fraction of sp³-hybridized carbons (Fsp3) is 0.194. The number of nitrogens with one attached hydrogen (secondary N) is 1. The predicted octanol–water partition coefficient (Wildman–Crippen LogP) is 5.45. The van der Waals surface area contributed by atoms with Crippen LogP contribution in [0.15, 0.2) is 83.8 Å².